The van der Waals surface area contributed by atoms with Crippen LogP contribution in [0, 0.1) is 5.82 Å². The first-order chi connectivity index (χ1) is 13.7. The molecule has 1 aromatic rings. The number of nitrogens with zero attached hydrogens (tertiary/aromatic N) is 1. The highest BCUT2D eigenvalue weighted by molar-refractivity contribution is 7.88. The maximum Gasteiger partial charge on any atom is 0.407 e. The normalized spacial score (nSPS) is 28.3. The van der Waals surface area contributed by atoms with Gasteiger partial charge in [0.05, 0.1) is 25.0 Å². The SMILES string of the molecule is CS(=O)(=O)NC1CCCN(C(=O)O)C1COC1CCC(c2cccc(F)c2)CC1. The van der Waals surface area contributed by atoms with Gasteiger partial charge in [-0.2, -0.15) is 0 Å². The van der Waals surface area contributed by atoms with Crippen LogP contribution >= 0.6 is 0 Å². The van der Waals surface area contributed by atoms with Crippen molar-refractivity contribution in [3.63, 3.8) is 0 Å². The number of likely N-dealkylation sites (tertiary alicyclic amines) is 1. The van der Waals surface area contributed by atoms with Gasteiger partial charge in [0.25, 0.3) is 0 Å². The molecule has 7 nitrogen and oxygen atoms in total. The molecule has 0 radical (unpaired) electrons. The fourth-order valence-corrected chi connectivity index (χ4v) is 5.30. The first-order valence-corrected chi connectivity index (χ1v) is 12.0. The van der Waals surface area contributed by atoms with Crippen LogP contribution in [0.25, 0.3) is 0 Å². The van der Waals surface area contributed by atoms with Gasteiger partial charge in [-0.05, 0) is 62.1 Å². The Morgan fingerprint density at radius 2 is 2.00 bits per heavy atom. The fraction of sp³-hybridized carbons (Fsp3) is 0.650. The molecule has 9 heteroatoms. The number of carboxylic acid groups (broad SMARTS) is 1. The zero-order chi connectivity index (χ0) is 21.0. The van der Waals surface area contributed by atoms with Gasteiger partial charge in [0, 0.05) is 12.6 Å². The molecule has 0 spiro atoms. The summed E-state index contributed by atoms with van der Waals surface area (Å²) in [6.07, 6.45) is 4.59. The van der Waals surface area contributed by atoms with Crippen LogP contribution in [0.4, 0.5) is 9.18 Å². The predicted molar refractivity (Wildman–Crippen MR) is 107 cm³/mol. The standard InChI is InChI=1S/C20H29FN2O5S/c1-29(26,27)22-18-6-3-11-23(20(24)25)19(18)13-28-17-9-7-14(8-10-17)15-4-2-5-16(21)12-15/h2,4-5,12,14,17-19,22H,3,6-11,13H2,1H3,(H,24,25). The van der Waals surface area contributed by atoms with E-state index in [-0.39, 0.29) is 18.5 Å². The lowest BCUT2D eigenvalue weighted by molar-refractivity contribution is -0.0226. The minimum absolute atomic E-state index is 0.00346. The summed E-state index contributed by atoms with van der Waals surface area (Å²) in [4.78, 5) is 12.9. The van der Waals surface area contributed by atoms with Crippen molar-refractivity contribution in [3.8, 4) is 0 Å². The van der Waals surface area contributed by atoms with Gasteiger partial charge < -0.3 is 14.7 Å². The highest BCUT2D eigenvalue weighted by Crippen LogP contribution is 2.34. The Morgan fingerprint density at radius 3 is 2.62 bits per heavy atom. The topological polar surface area (TPSA) is 95.9 Å². The number of benzene rings is 1. The van der Waals surface area contributed by atoms with Gasteiger partial charge >= 0.3 is 6.09 Å². The lowest BCUT2D eigenvalue weighted by Crippen LogP contribution is -2.58. The van der Waals surface area contributed by atoms with Crippen LogP contribution in [0.3, 0.4) is 0 Å². The average Bonchev–Trinajstić information content (AvgIpc) is 2.66. The molecule has 1 saturated carbocycles. The van der Waals surface area contributed by atoms with Crippen LogP contribution in [-0.4, -0.2) is 62.1 Å². The third-order valence-corrected chi connectivity index (χ3v) is 6.62. The second-order valence-electron chi connectivity index (χ2n) is 8.04. The van der Waals surface area contributed by atoms with Crippen LogP contribution < -0.4 is 4.72 Å². The van der Waals surface area contributed by atoms with E-state index in [2.05, 4.69) is 4.72 Å². The zero-order valence-electron chi connectivity index (χ0n) is 16.6. The number of amides is 1. The first kappa shape index (κ1) is 22.0. The average molecular weight is 429 g/mol. The Balaban J connectivity index is 1.57. The Labute approximate surface area is 171 Å². The minimum Gasteiger partial charge on any atom is -0.465 e. The molecule has 1 heterocycles. The molecule has 2 N–H and O–H groups in total. The number of halogens is 1. The third kappa shape index (κ3) is 6.13. The lowest BCUT2D eigenvalue weighted by Gasteiger charge is -2.40. The smallest absolute Gasteiger partial charge is 0.407 e. The van der Waals surface area contributed by atoms with E-state index in [0.29, 0.717) is 25.3 Å². The van der Waals surface area contributed by atoms with Crippen LogP contribution in [0.15, 0.2) is 24.3 Å². The Hall–Kier alpha value is -1.71. The van der Waals surface area contributed by atoms with Crippen molar-refractivity contribution >= 4 is 16.1 Å². The first-order valence-electron chi connectivity index (χ1n) is 10.1. The van der Waals surface area contributed by atoms with E-state index in [1.807, 2.05) is 6.07 Å². The van der Waals surface area contributed by atoms with E-state index in [1.54, 1.807) is 12.1 Å². The van der Waals surface area contributed by atoms with Gasteiger partial charge in [-0.25, -0.2) is 22.3 Å². The highest BCUT2D eigenvalue weighted by Gasteiger charge is 2.37. The van der Waals surface area contributed by atoms with Gasteiger partial charge in [-0.1, -0.05) is 12.1 Å². The van der Waals surface area contributed by atoms with Gasteiger partial charge in [0.1, 0.15) is 5.82 Å². The molecule has 2 unspecified atom stereocenters. The van der Waals surface area contributed by atoms with Crippen molar-refractivity contribution in [1.82, 2.24) is 9.62 Å². The lowest BCUT2D eigenvalue weighted by atomic mass is 9.82. The number of carbonyl (C=O) groups is 1. The molecule has 1 amide bonds. The van der Waals surface area contributed by atoms with Crippen LogP contribution in [0.5, 0.6) is 0 Å². The Kier molecular flexibility index (Phi) is 7.13. The van der Waals surface area contributed by atoms with E-state index >= 15 is 0 Å². The molecule has 2 atom stereocenters. The number of ether oxygens (including phenoxy) is 1. The molecule has 1 aliphatic heterocycles. The van der Waals surface area contributed by atoms with Crippen LogP contribution in [0.1, 0.15) is 50.0 Å². The molecule has 2 aliphatic rings. The minimum atomic E-state index is -3.45. The van der Waals surface area contributed by atoms with Gasteiger partial charge in [0.2, 0.25) is 10.0 Å². The summed E-state index contributed by atoms with van der Waals surface area (Å²) in [7, 11) is -3.45. The molecular formula is C20H29FN2O5S. The summed E-state index contributed by atoms with van der Waals surface area (Å²) in [5, 5.41) is 9.51. The molecule has 162 valence electrons. The number of nitrogens with one attached hydrogen (secondary N) is 1. The van der Waals surface area contributed by atoms with Crippen LogP contribution in [0.2, 0.25) is 0 Å². The summed E-state index contributed by atoms with van der Waals surface area (Å²) < 4.78 is 45.4. The Morgan fingerprint density at radius 1 is 1.28 bits per heavy atom. The summed E-state index contributed by atoms with van der Waals surface area (Å²) >= 11 is 0. The summed E-state index contributed by atoms with van der Waals surface area (Å²) in [6, 6.07) is 5.67. The number of hydrogen-bond acceptors (Lipinski definition) is 4. The molecule has 0 bridgehead atoms. The zero-order valence-corrected chi connectivity index (χ0v) is 17.4. The molecule has 0 aromatic heterocycles. The quantitative estimate of drug-likeness (QED) is 0.726. The summed E-state index contributed by atoms with van der Waals surface area (Å²) in [6.45, 7) is 0.534. The highest BCUT2D eigenvalue weighted by atomic mass is 32.2. The van der Waals surface area contributed by atoms with Crippen molar-refractivity contribution in [2.45, 2.75) is 62.6 Å². The van der Waals surface area contributed by atoms with Crippen molar-refractivity contribution in [2.24, 2.45) is 0 Å². The number of sulfonamides is 1. The van der Waals surface area contributed by atoms with Gasteiger partial charge in [0.15, 0.2) is 0 Å². The van der Waals surface area contributed by atoms with Crippen molar-refractivity contribution < 1.29 is 27.4 Å². The van der Waals surface area contributed by atoms with Gasteiger partial charge in [-0.15, -0.1) is 0 Å². The monoisotopic (exact) mass is 428 g/mol. The van der Waals surface area contributed by atoms with E-state index < -0.39 is 28.2 Å². The summed E-state index contributed by atoms with van der Waals surface area (Å²) in [5.74, 6) is 0.0757. The van der Waals surface area contributed by atoms with Crippen molar-refractivity contribution in [3.05, 3.63) is 35.6 Å². The second kappa shape index (κ2) is 9.40. The van der Waals surface area contributed by atoms with E-state index in [4.69, 9.17) is 4.74 Å². The van der Waals surface area contributed by atoms with E-state index in [9.17, 15) is 22.7 Å². The maximum atomic E-state index is 13.5. The Bertz CT molecular complexity index is 811. The maximum absolute atomic E-state index is 13.5. The van der Waals surface area contributed by atoms with Gasteiger partial charge in [-0.3, -0.25) is 0 Å². The molecule has 29 heavy (non-hydrogen) atoms. The predicted octanol–water partition coefficient (Wildman–Crippen LogP) is 2.93. The molecule has 3 rings (SSSR count). The second-order valence-corrected chi connectivity index (χ2v) is 9.82. The molecule has 1 saturated heterocycles. The largest absolute Gasteiger partial charge is 0.465 e. The molecule has 1 aromatic carbocycles. The van der Waals surface area contributed by atoms with Crippen LogP contribution in [-0.2, 0) is 14.8 Å². The van der Waals surface area contributed by atoms with Crippen molar-refractivity contribution in [1.29, 1.82) is 0 Å². The third-order valence-electron chi connectivity index (χ3n) is 5.89. The molecule has 2 fully saturated rings. The fourth-order valence-electron chi connectivity index (χ4n) is 4.47. The molecular weight excluding hydrogens is 399 g/mol. The number of hydrogen-bond donors (Lipinski definition) is 2. The number of rotatable bonds is 6. The number of piperidine rings is 1. The molecule has 1 aliphatic carbocycles. The van der Waals surface area contributed by atoms with Crippen molar-refractivity contribution in [2.75, 3.05) is 19.4 Å². The summed E-state index contributed by atoms with van der Waals surface area (Å²) in [5.41, 5.74) is 1.00. The van der Waals surface area contributed by atoms with E-state index in [0.717, 1.165) is 37.5 Å². The van der Waals surface area contributed by atoms with E-state index in [1.165, 1.54) is 11.0 Å².